The molecule has 0 saturated heterocycles. The van der Waals surface area contributed by atoms with Gasteiger partial charge in [0.25, 0.3) is 0 Å². The summed E-state index contributed by atoms with van der Waals surface area (Å²) in [6.07, 6.45) is 0. The summed E-state index contributed by atoms with van der Waals surface area (Å²) in [6, 6.07) is 11.3. The fraction of sp³-hybridized carbons (Fsp3) is 0.200. The highest BCUT2D eigenvalue weighted by Gasteiger charge is 2.04. The predicted molar refractivity (Wildman–Crippen MR) is 75.1 cm³/mol. The molecule has 21 heavy (non-hydrogen) atoms. The van der Waals surface area contributed by atoms with E-state index in [2.05, 4.69) is 10.1 Å². The first-order valence-electron chi connectivity index (χ1n) is 6.23. The van der Waals surface area contributed by atoms with Crippen LogP contribution in [0.15, 0.2) is 42.5 Å². The van der Waals surface area contributed by atoms with E-state index in [1.54, 1.807) is 24.3 Å². The lowest BCUT2D eigenvalue weighted by molar-refractivity contribution is -0.0498. The maximum atomic E-state index is 12.0. The van der Waals surface area contributed by atoms with Crippen molar-refractivity contribution in [3.8, 4) is 17.2 Å². The van der Waals surface area contributed by atoms with E-state index in [1.807, 2.05) is 6.07 Å². The highest BCUT2D eigenvalue weighted by molar-refractivity contribution is 5.48. The normalized spacial score (nSPS) is 10.5. The van der Waals surface area contributed by atoms with Gasteiger partial charge in [0.05, 0.1) is 7.11 Å². The first-order valence-corrected chi connectivity index (χ1v) is 6.23. The zero-order valence-corrected chi connectivity index (χ0v) is 11.3. The molecule has 0 amide bonds. The molecule has 112 valence electrons. The highest BCUT2D eigenvalue weighted by Crippen LogP contribution is 2.26. The van der Waals surface area contributed by atoms with Crippen LogP contribution in [0, 0.1) is 0 Å². The van der Waals surface area contributed by atoms with E-state index in [9.17, 15) is 13.9 Å². The molecule has 0 heterocycles. The van der Waals surface area contributed by atoms with Gasteiger partial charge in [-0.2, -0.15) is 8.78 Å². The van der Waals surface area contributed by atoms with Gasteiger partial charge in [0.15, 0.2) is 11.5 Å². The molecule has 0 fully saturated rings. The molecule has 0 aliphatic heterocycles. The number of alkyl halides is 2. The van der Waals surface area contributed by atoms with Gasteiger partial charge in [-0.1, -0.05) is 6.07 Å². The SMILES string of the molecule is COc1ccc(CNc2ccc(OC(F)F)cc2)cc1O. The Balaban J connectivity index is 1.95. The number of anilines is 1. The Morgan fingerprint density at radius 3 is 2.43 bits per heavy atom. The number of hydrogen-bond donors (Lipinski definition) is 2. The minimum Gasteiger partial charge on any atom is -0.504 e. The van der Waals surface area contributed by atoms with Gasteiger partial charge in [-0.15, -0.1) is 0 Å². The molecule has 0 spiro atoms. The van der Waals surface area contributed by atoms with E-state index >= 15 is 0 Å². The summed E-state index contributed by atoms with van der Waals surface area (Å²) < 4.78 is 33.3. The summed E-state index contributed by atoms with van der Waals surface area (Å²) in [5.41, 5.74) is 1.62. The molecule has 2 aromatic carbocycles. The number of rotatable bonds is 6. The lowest BCUT2D eigenvalue weighted by atomic mass is 10.2. The molecule has 6 heteroatoms. The Kier molecular flexibility index (Phi) is 4.81. The molecule has 0 atom stereocenters. The van der Waals surface area contributed by atoms with E-state index in [0.29, 0.717) is 12.3 Å². The van der Waals surface area contributed by atoms with Crippen molar-refractivity contribution in [3.05, 3.63) is 48.0 Å². The van der Waals surface area contributed by atoms with Crippen LogP contribution in [0.25, 0.3) is 0 Å². The predicted octanol–water partition coefficient (Wildman–Crippen LogP) is 3.61. The number of aromatic hydroxyl groups is 1. The number of ether oxygens (including phenoxy) is 2. The second kappa shape index (κ2) is 6.78. The average Bonchev–Trinajstić information content (AvgIpc) is 2.46. The fourth-order valence-corrected chi connectivity index (χ4v) is 1.80. The molecule has 0 radical (unpaired) electrons. The molecule has 4 nitrogen and oxygen atoms in total. The van der Waals surface area contributed by atoms with Crippen LogP contribution in [0.3, 0.4) is 0 Å². The quantitative estimate of drug-likeness (QED) is 0.854. The standard InChI is InChI=1S/C15H15F2NO3/c1-20-14-7-2-10(8-13(14)19)9-18-11-3-5-12(6-4-11)21-15(16)17/h2-8,15,18-19H,9H2,1H3. The summed E-state index contributed by atoms with van der Waals surface area (Å²) in [5, 5.41) is 12.8. The fourth-order valence-electron chi connectivity index (χ4n) is 1.80. The molecule has 2 rings (SSSR count). The maximum Gasteiger partial charge on any atom is 0.387 e. The van der Waals surface area contributed by atoms with Crippen LogP contribution in [0.4, 0.5) is 14.5 Å². The number of hydrogen-bond acceptors (Lipinski definition) is 4. The van der Waals surface area contributed by atoms with Crippen LogP contribution in [0.5, 0.6) is 17.2 Å². The van der Waals surface area contributed by atoms with Crippen LogP contribution in [0.1, 0.15) is 5.56 Å². The first kappa shape index (κ1) is 14.9. The zero-order valence-electron chi connectivity index (χ0n) is 11.3. The molecule has 0 aromatic heterocycles. The van der Waals surface area contributed by atoms with Crippen LogP contribution < -0.4 is 14.8 Å². The number of benzene rings is 2. The Bertz CT molecular complexity index is 588. The van der Waals surface area contributed by atoms with Crippen LogP contribution >= 0.6 is 0 Å². The van der Waals surface area contributed by atoms with E-state index < -0.39 is 6.61 Å². The molecule has 0 aliphatic rings. The number of phenols is 1. The van der Waals surface area contributed by atoms with Crippen molar-refractivity contribution in [3.63, 3.8) is 0 Å². The summed E-state index contributed by atoms with van der Waals surface area (Å²) >= 11 is 0. The largest absolute Gasteiger partial charge is 0.504 e. The van der Waals surface area contributed by atoms with Gasteiger partial charge in [0.2, 0.25) is 0 Å². The maximum absolute atomic E-state index is 12.0. The molecular formula is C15H15F2NO3. The van der Waals surface area contributed by atoms with Gasteiger partial charge in [-0.3, -0.25) is 0 Å². The van der Waals surface area contributed by atoms with E-state index in [-0.39, 0.29) is 11.5 Å². The highest BCUT2D eigenvalue weighted by atomic mass is 19.3. The lowest BCUT2D eigenvalue weighted by Gasteiger charge is -2.10. The molecular weight excluding hydrogens is 280 g/mol. The molecule has 2 N–H and O–H groups in total. The average molecular weight is 295 g/mol. The van der Waals surface area contributed by atoms with Crippen molar-refractivity contribution in [2.75, 3.05) is 12.4 Å². The van der Waals surface area contributed by atoms with Crippen LogP contribution in [-0.2, 0) is 6.54 Å². The summed E-state index contributed by atoms with van der Waals surface area (Å²) in [4.78, 5) is 0. The van der Waals surface area contributed by atoms with Crippen molar-refractivity contribution in [1.82, 2.24) is 0 Å². The van der Waals surface area contributed by atoms with Crippen molar-refractivity contribution in [2.24, 2.45) is 0 Å². The Morgan fingerprint density at radius 2 is 1.86 bits per heavy atom. The van der Waals surface area contributed by atoms with E-state index in [0.717, 1.165) is 11.3 Å². The third-order valence-electron chi connectivity index (χ3n) is 2.82. The smallest absolute Gasteiger partial charge is 0.387 e. The molecule has 0 aliphatic carbocycles. The van der Waals surface area contributed by atoms with Crippen molar-refractivity contribution < 1.29 is 23.4 Å². The van der Waals surface area contributed by atoms with Crippen LogP contribution in [-0.4, -0.2) is 18.8 Å². The van der Waals surface area contributed by atoms with Gasteiger partial charge >= 0.3 is 6.61 Å². The monoisotopic (exact) mass is 295 g/mol. The second-order valence-corrected chi connectivity index (χ2v) is 4.26. The van der Waals surface area contributed by atoms with Gasteiger partial charge in [0.1, 0.15) is 5.75 Å². The van der Waals surface area contributed by atoms with Crippen molar-refractivity contribution in [2.45, 2.75) is 13.2 Å². The third kappa shape index (κ3) is 4.24. The Hall–Kier alpha value is -2.50. The molecule has 0 bridgehead atoms. The van der Waals surface area contributed by atoms with E-state index in [1.165, 1.54) is 19.2 Å². The van der Waals surface area contributed by atoms with Gasteiger partial charge in [-0.05, 0) is 42.0 Å². The Labute approximate surface area is 120 Å². The molecule has 2 aromatic rings. The van der Waals surface area contributed by atoms with Crippen molar-refractivity contribution >= 4 is 5.69 Å². The summed E-state index contributed by atoms with van der Waals surface area (Å²) in [6.45, 7) is -2.35. The molecule has 0 saturated carbocycles. The minimum absolute atomic E-state index is 0.0671. The number of methoxy groups -OCH3 is 1. The third-order valence-corrected chi connectivity index (χ3v) is 2.82. The zero-order chi connectivity index (χ0) is 15.2. The number of halogens is 2. The van der Waals surface area contributed by atoms with Gasteiger partial charge in [-0.25, -0.2) is 0 Å². The minimum atomic E-state index is -2.83. The number of nitrogens with one attached hydrogen (secondary N) is 1. The lowest BCUT2D eigenvalue weighted by Crippen LogP contribution is -2.02. The molecule has 0 unspecified atom stereocenters. The summed E-state index contributed by atoms with van der Waals surface area (Å²) in [5.74, 6) is 0.586. The first-order chi connectivity index (χ1) is 10.1. The van der Waals surface area contributed by atoms with E-state index in [4.69, 9.17) is 4.74 Å². The van der Waals surface area contributed by atoms with Gasteiger partial charge in [0, 0.05) is 12.2 Å². The topological polar surface area (TPSA) is 50.7 Å². The van der Waals surface area contributed by atoms with Gasteiger partial charge < -0.3 is 19.9 Å². The van der Waals surface area contributed by atoms with Crippen LogP contribution in [0.2, 0.25) is 0 Å². The van der Waals surface area contributed by atoms with Crippen molar-refractivity contribution in [1.29, 1.82) is 0 Å². The Morgan fingerprint density at radius 1 is 1.14 bits per heavy atom. The number of phenolic OH excluding ortho intramolecular Hbond substituents is 1. The second-order valence-electron chi connectivity index (χ2n) is 4.26. The summed E-state index contributed by atoms with van der Waals surface area (Å²) in [7, 11) is 1.48.